The lowest BCUT2D eigenvalue weighted by Crippen LogP contribution is -2.51. The van der Waals surface area contributed by atoms with Gasteiger partial charge in [-0.1, -0.05) is 5.16 Å². The van der Waals surface area contributed by atoms with E-state index in [1.165, 1.54) is 10.4 Å². The second kappa shape index (κ2) is 8.18. The molecule has 0 saturated carbocycles. The SMILES string of the molecule is Cc1noc(C)c1S(=O)(=O)N1CCN(C(=O)CSc2ccc(F)c(F)c2)CC1. The first-order valence-electron chi connectivity index (χ1n) is 8.49. The average molecular weight is 431 g/mol. The summed E-state index contributed by atoms with van der Waals surface area (Å²) in [6, 6.07) is 3.46. The number of piperazine rings is 1. The highest BCUT2D eigenvalue weighted by atomic mass is 32.2. The number of aromatic nitrogens is 1. The van der Waals surface area contributed by atoms with Gasteiger partial charge in [0.15, 0.2) is 17.4 Å². The van der Waals surface area contributed by atoms with Crippen molar-refractivity contribution in [2.24, 2.45) is 0 Å². The van der Waals surface area contributed by atoms with Crippen LogP contribution in [0.2, 0.25) is 0 Å². The van der Waals surface area contributed by atoms with Gasteiger partial charge in [0.25, 0.3) is 0 Å². The lowest BCUT2D eigenvalue weighted by atomic mass is 10.3. The molecular formula is C17H19F2N3O4S2. The largest absolute Gasteiger partial charge is 0.360 e. The van der Waals surface area contributed by atoms with Gasteiger partial charge >= 0.3 is 0 Å². The molecule has 11 heteroatoms. The highest BCUT2D eigenvalue weighted by Gasteiger charge is 2.34. The number of carbonyl (C=O) groups excluding carboxylic acids is 1. The Morgan fingerprint density at radius 1 is 1.18 bits per heavy atom. The number of thioether (sulfide) groups is 1. The molecular weight excluding hydrogens is 412 g/mol. The predicted octanol–water partition coefficient (Wildman–Crippen LogP) is 2.19. The van der Waals surface area contributed by atoms with E-state index in [0.717, 1.165) is 23.9 Å². The first kappa shape index (κ1) is 20.7. The van der Waals surface area contributed by atoms with Gasteiger partial charge in [-0.2, -0.15) is 4.31 Å². The fourth-order valence-corrected chi connectivity index (χ4v) is 5.49. The topological polar surface area (TPSA) is 83.7 Å². The summed E-state index contributed by atoms with van der Waals surface area (Å²) in [5.41, 5.74) is 0.305. The van der Waals surface area contributed by atoms with Crippen LogP contribution in [-0.4, -0.2) is 60.6 Å². The molecule has 1 saturated heterocycles. The number of sulfonamides is 1. The zero-order chi connectivity index (χ0) is 20.5. The minimum absolute atomic E-state index is 0.0572. The summed E-state index contributed by atoms with van der Waals surface area (Å²) < 4.78 is 58.0. The maximum absolute atomic E-state index is 13.2. The van der Waals surface area contributed by atoms with Gasteiger partial charge in [-0.15, -0.1) is 11.8 Å². The van der Waals surface area contributed by atoms with Crippen molar-refractivity contribution in [3.05, 3.63) is 41.3 Å². The number of hydrogen-bond acceptors (Lipinski definition) is 6. The van der Waals surface area contributed by atoms with Crippen LogP contribution in [0.15, 0.2) is 32.5 Å². The van der Waals surface area contributed by atoms with Crippen LogP contribution in [0.25, 0.3) is 0 Å². The molecule has 152 valence electrons. The molecule has 0 N–H and O–H groups in total. The van der Waals surface area contributed by atoms with Crippen LogP contribution in [0.1, 0.15) is 11.5 Å². The standard InChI is InChI=1S/C17H19F2N3O4S2/c1-11-17(12(2)26-20-11)28(24,25)22-7-5-21(6-8-22)16(23)10-27-13-3-4-14(18)15(19)9-13/h3-4,9H,5-8,10H2,1-2H3. The van der Waals surface area contributed by atoms with E-state index in [2.05, 4.69) is 5.16 Å². The van der Waals surface area contributed by atoms with Crippen molar-refractivity contribution in [1.82, 2.24) is 14.4 Å². The molecule has 1 aromatic heterocycles. The Hall–Kier alpha value is -1.98. The van der Waals surface area contributed by atoms with E-state index in [-0.39, 0.29) is 48.5 Å². The van der Waals surface area contributed by atoms with Crippen molar-refractivity contribution in [1.29, 1.82) is 0 Å². The number of nitrogens with zero attached hydrogens (tertiary/aromatic N) is 3. The smallest absolute Gasteiger partial charge is 0.248 e. The third-order valence-electron chi connectivity index (χ3n) is 4.41. The Kier molecular flexibility index (Phi) is 6.06. The highest BCUT2D eigenvalue weighted by molar-refractivity contribution is 8.00. The quantitative estimate of drug-likeness (QED) is 0.675. The van der Waals surface area contributed by atoms with Crippen LogP contribution in [0.4, 0.5) is 8.78 Å². The summed E-state index contributed by atoms with van der Waals surface area (Å²) in [7, 11) is -3.74. The van der Waals surface area contributed by atoms with Gasteiger partial charge in [-0.05, 0) is 32.0 Å². The summed E-state index contributed by atoms with van der Waals surface area (Å²) in [6.07, 6.45) is 0. The molecule has 1 amide bonds. The Morgan fingerprint density at radius 3 is 2.43 bits per heavy atom. The van der Waals surface area contributed by atoms with E-state index < -0.39 is 21.7 Å². The molecule has 1 aromatic carbocycles. The minimum Gasteiger partial charge on any atom is -0.360 e. The van der Waals surface area contributed by atoms with E-state index in [1.54, 1.807) is 18.7 Å². The molecule has 2 aromatic rings. The predicted molar refractivity (Wildman–Crippen MR) is 98.4 cm³/mol. The molecule has 1 fully saturated rings. The first-order chi connectivity index (χ1) is 13.2. The molecule has 0 bridgehead atoms. The van der Waals surface area contributed by atoms with Crippen LogP contribution in [0.5, 0.6) is 0 Å². The lowest BCUT2D eigenvalue weighted by Gasteiger charge is -2.33. The van der Waals surface area contributed by atoms with E-state index in [1.807, 2.05) is 0 Å². The Balaban J connectivity index is 1.57. The molecule has 0 radical (unpaired) electrons. The van der Waals surface area contributed by atoms with Gasteiger partial charge in [0.2, 0.25) is 15.9 Å². The maximum atomic E-state index is 13.2. The monoisotopic (exact) mass is 431 g/mol. The summed E-state index contributed by atoms with van der Waals surface area (Å²) in [5.74, 6) is -1.80. The van der Waals surface area contributed by atoms with Crippen LogP contribution in [-0.2, 0) is 14.8 Å². The van der Waals surface area contributed by atoms with E-state index in [4.69, 9.17) is 4.52 Å². The van der Waals surface area contributed by atoms with Gasteiger partial charge in [0.05, 0.1) is 5.75 Å². The van der Waals surface area contributed by atoms with Crippen molar-refractivity contribution in [2.45, 2.75) is 23.6 Å². The van der Waals surface area contributed by atoms with Crippen LogP contribution >= 0.6 is 11.8 Å². The molecule has 3 rings (SSSR count). The summed E-state index contributed by atoms with van der Waals surface area (Å²) >= 11 is 1.10. The molecule has 0 atom stereocenters. The Labute approximate surface area is 165 Å². The number of aryl methyl sites for hydroxylation is 2. The molecule has 7 nitrogen and oxygen atoms in total. The van der Waals surface area contributed by atoms with Gasteiger partial charge in [0.1, 0.15) is 10.6 Å². The molecule has 1 aliphatic rings. The number of carbonyl (C=O) groups is 1. The Morgan fingerprint density at radius 2 is 1.86 bits per heavy atom. The number of amides is 1. The number of benzene rings is 1. The van der Waals surface area contributed by atoms with Crippen molar-refractivity contribution < 1.29 is 26.5 Å². The third kappa shape index (κ3) is 4.20. The number of rotatable bonds is 5. The second-order valence-electron chi connectivity index (χ2n) is 6.30. The van der Waals surface area contributed by atoms with Gasteiger partial charge in [-0.25, -0.2) is 17.2 Å². The van der Waals surface area contributed by atoms with Crippen LogP contribution < -0.4 is 0 Å². The molecule has 0 spiro atoms. The average Bonchev–Trinajstić information content (AvgIpc) is 3.01. The third-order valence-corrected chi connectivity index (χ3v) is 7.53. The van der Waals surface area contributed by atoms with Gasteiger partial charge in [-0.3, -0.25) is 4.79 Å². The normalized spacial score (nSPS) is 15.8. The highest BCUT2D eigenvalue weighted by Crippen LogP contribution is 2.25. The fourth-order valence-electron chi connectivity index (χ4n) is 2.95. The van der Waals surface area contributed by atoms with E-state index in [0.29, 0.717) is 10.6 Å². The molecule has 0 aliphatic carbocycles. The number of halogens is 2. The van der Waals surface area contributed by atoms with E-state index >= 15 is 0 Å². The van der Waals surface area contributed by atoms with Crippen molar-refractivity contribution in [3.8, 4) is 0 Å². The Bertz CT molecular complexity index is 967. The zero-order valence-corrected chi connectivity index (χ0v) is 16.9. The summed E-state index contributed by atoms with van der Waals surface area (Å²) in [4.78, 5) is 14.4. The summed E-state index contributed by atoms with van der Waals surface area (Å²) in [6.45, 7) is 3.93. The molecule has 0 unspecified atom stereocenters. The van der Waals surface area contributed by atoms with Crippen molar-refractivity contribution in [3.63, 3.8) is 0 Å². The fraction of sp³-hybridized carbons (Fsp3) is 0.412. The van der Waals surface area contributed by atoms with Crippen molar-refractivity contribution in [2.75, 3.05) is 31.9 Å². The lowest BCUT2D eigenvalue weighted by molar-refractivity contribution is -0.129. The number of hydrogen-bond donors (Lipinski definition) is 0. The van der Waals surface area contributed by atoms with Crippen molar-refractivity contribution >= 4 is 27.7 Å². The zero-order valence-electron chi connectivity index (χ0n) is 15.3. The van der Waals surface area contributed by atoms with Crippen LogP contribution in [0.3, 0.4) is 0 Å². The summed E-state index contributed by atoms with van der Waals surface area (Å²) in [5, 5.41) is 3.69. The van der Waals surface area contributed by atoms with Gasteiger partial charge in [0, 0.05) is 31.1 Å². The second-order valence-corrected chi connectivity index (χ2v) is 9.23. The van der Waals surface area contributed by atoms with Gasteiger partial charge < -0.3 is 9.42 Å². The first-order valence-corrected chi connectivity index (χ1v) is 10.9. The molecule has 28 heavy (non-hydrogen) atoms. The minimum atomic E-state index is -3.74. The molecule has 1 aliphatic heterocycles. The van der Waals surface area contributed by atoms with E-state index in [9.17, 15) is 22.0 Å². The molecule has 2 heterocycles. The maximum Gasteiger partial charge on any atom is 0.248 e. The van der Waals surface area contributed by atoms with Crippen LogP contribution in [0, 0.1) is 25.5 Å².